The molecule has 0 radical (unpaired) electrons. The monoisotopic (exact) mass is 758 g/mol. The number of nitrogens with zero attached hydrogens (tertiary/aromatic N) is 8. The third-order valence-corrected chi connectivity index (χ3v) is 12.0. The van der Waals surface area contributed by atoms with Crippen LogP contribution in [0.4, 0.5) is 14.5 Å². The summed E-state index contributed by atoms with van der Waals surface area (Å²) in [6.07, 6.45) is 6.87. The lowest BCUT2D eigenvalue weighted by Gasteiger charge is -2.41. The molecule has 4 amide bonds. The van der Waals surface area contributed by atoms with Gasteiger partial charge in [0.05, 0.1) is 35.2 Å². The predicted molar refractivity (Wildman–Crippen MR) is 197 cm³/mol. The number of aromatic nitrogens is 5. The van der Waals surface area contributed by atoms with Crippen LogP contribution in [-0.2, 0) is 21.4 Å². The van der Waals surface area contributed by atoms with E-state index in [4.69, 9.17) is 0 Å². The van der Waals surface area contributed by atoms with Crippen molar-refractivity contribution < 1.29 is 28.0 Å². The third-order valence-electron chi connectivity index (χ3n) is 12.0. The van der Waals surface area contributed by atoms with Gasteiger partial charge >= 0.3 is 5.69 Å². The first-order valence-electron chi connectivity index (χ1n) is 18.9. The van der Waals surface area contributed by atoms with Crippen molar-refractivity contribution in [3.63, 3.8) is 0 Å². The zero-order valence-corrected chi connectivity index (χ0v) is 30.8. The lowest BCUT2D eigenvalue weighted by Crippen LogP contribution is -2.46. The number of alkyl halides is 2. The van der Waals surface area contributed by atoms with E-state index in [1.165, 1.54) is 26.4 Å². The number of halogens is 2. The number of aryl methyl sites for hydroxylation is 1. The van der Waals surface area contributed by atoms with Gasteiger partial charge in [0.2, 0.25) is 11.8 Å². The van der Waals surface area contributed by atoms with E-state index in [1.807, 2.05) is 18.2 Å². The summed E-state index contributed by atoms with van der Waals surface area (Å²) >= 11 is 0. The highest BCUT2D eigenvalue weighted by Gasteiger charge is 2.41. The Morgan fingerprint density at radius 3 is 2.53 bits per heavy atom. The van der Waals surface area contributed by atoms with E-state index in [1.54, 1.807) is 23.9 Å². The second-order valence-electron chi connectivity index (χ2n) is 15.2. The van der Waals surface area contributed by atoms with Gasteiger partial charge in [0.1, 0.15) is 17.2 Å². The summed E-state index contributed by atoms with van der Waals surface area (Å²) in [5, 5.41) is 9.04. The molecular weight excluding hydrogens is 714 g/mol. The molecule has 17 heteroatoms. The fraction of sp³-hybridized carbons (Fsp3) is 0.500. The summed E-state index contributed by atoms with van der Waals surface area (Å²) in [5.41, 5.74) is 1.80. The molecule has 1 unspecified atom stereocenters. The second kappa shape index (κ2) is 14.7. The Balaban J connectivity index is 0.855. The van der Waals surface area contributed by atoms with Gasteiger partial charge in [0.25, 0.3) is 18.2 Å². The average Bonchev–Trinajstić information content (AvgIpc) is 3.83. The molecule has 0 bridgehead atoms. The van der Waals surface area contributed by atoms with Crippen molar-refractivity contribution >= 4 is 46.0 Å². The number of imidazole rings is 1. The van der Waals surface area contributed by atoms with E-state index >= 15 is 0 Å². The van der Waals surface area contributed by atoms with Crippen molar-refractivity contribution in [3.05, 3.63) is 70.2 Å². The summed E-state index contributed by atoms with van der Waals surface area (Å²) in [6, 6.07) is 6.87. The molecule has 1 atom stereocenters. The van der Waals surface area contributed by atoms with Gasteiger partial charge in [-0.1, -0.05) is 6.07 Å². The number of para-hydroxylation sites is 1. The maximum atomic E-state index is 14.2. The predicted octanol–water partition coefficient (Wildman–Crippen LogP) is 2.61. The average molecular weight is 759 g/mol. The minimum atomic E-state index is -3.02. The molecule has 1 saturated carbocycles. The molecule has 1 aromatic carbocycles. The summed E-state index contributed by atoms with van der Waals surface area (Å²) in [7, 11) is 3.87. The zero-order valence-electron chi connectivity index (χ0n) is 30.8. The first-order chi connectivity index (χ1) is 26.5. The van der Waals surface area contributed by atoms with Crippen molar-refractivity contribution in [1.82, 2.24) is 44.2 Å². The highest BCUT2D eigenvalue weighted by molar-refractivity contribution is 6.04. The van der Waals surface area contributed by atoms with E-state index in [0.29, 0.717) is 36.0 Å². The SMILES string of the molecule is CN(CC1CCC(N2CC(NC(=O)c3cnn4cccnc34)=C(C(F)F)C2=O)CC1)C1CCN(c2cccc3c2n(C)c(=O)n3C2CCC(=O)NC2=O)CC1. The Hall–Kier alpha value is -5.45. The van der Waals surface area contributed by atoms with Gasteiger partial charge in [-0.2, -0.15) is 5.10 Å². The largest absolute Gasteiger partial charge is 0.370 e. The molecule has 55 heavy (non-hydrogen) atoms. The number of hydrogen-bond acceptors (Lipinski definition) is 9. The van der Waals surface area contributed by atoms with Gasteiger partial charge in [0.15, 0.2) is 5.65 Å². The molecule has 6 heterocycles. The number of piperidine rings is 2. The van der Waals surface area contributed by atoms with Crippen LogP contribution in [0.1, 0.15) is 67.8 Å². The number of amides is 4. The van der Waals surface area contributed by atoms with E-state index in [2.05, 4.69) is 37.6 Å². The first kappa shape index (κ1) is 36.5. The number of rotatable bonds is 9. The Morgan fingerprint density at radius 1 is 1.04 bits per heavy atom. The Bertz CT molecular complexity index is 2260. The van der Waals surface area contributed by atoms with Crippen LogP contribution in [0.3, 0.4) is 0 Å². The highest BCUT2D eigenvalue weighted by atomic mass is 19.3. The van der Waals surface area contributed by atoms with Gasteiger partial charge in [-0.15, -0.1) is 0 Å². The smallest absolute Gasteiger partial charge is 0.329 e. The van der Waals surface area contributed by atoms with Gasteiger partial charge in [0, 0.05) is 57.6 Å². The Kier molecular flexibility index (Phi) is 9.73. The molecule has 0 spiro atoms. The van der Waals surface area contributed by atoms with Crippen molar-refractivity contribution in [3.8, 4) is 0 Å². The summed E-state index contributed by atoms with van der Waals surface area (Å²) in [4.78, 5) is 74.6. The molecule has 3 fully saturated rings. The number of carbonyl (C=O) groups is 4. The Morgan fingerprint density at radius 2 is 1.80 bits per heavy atom. The number of nitrogens with one attached hydrogen (secondary N) is 2. The molecule has 1 aliphatic carbocycles. The molecular formula is C38H44F2N10O5. The highest BCUT2D eigenvalue weighted by Crippen LogP contribution is 2.35. The maximum absolute atomic E-state index is 14.2. The number of hydrogen-bond donors (Lipinski definition) is 2. The van der Waals surface area contributed by atoms with E-state index in [9.17, 15) is 32.8 Å². The molecule has 3 aromatic heterocycles. The standard InChI is InChI=1S/C38H44F2N10O5/c1-45(23-13-17-47(18-14-23)27-5-3-6-28-32(27)46(2)38(55)50(28)29-11-12-30(51)44-36(29)53)20-22-7-9-24(10-8-22)48-21-26(31(33(39)40)37(48)54)43-35(52)25-19-42-49-16-4-15-41-34(25)49/h3-6,15-16,19,22-24,29,33H,7-14,17-18,20-21H2,1-2H3,(H,43,52)(H,44,51,53). The molecule has 290 valence electrons. The third kappa shape index (κ3) is 6.67. The molecule has 3 aliphatic heterocycles. The minimum Gasteiger partial charge on any atom is -0.370 e. The van der Waals surface area contributed by atoms with Gasteiger partial charge in [-0.05, 0) is 76.1 Å². The molecule has 4 aromatic rings. The van der Waals surface area contributed by atoms with Crippen LogP contribution >= 0.6 is 0 Å². The second-order valence-corrected chi connectivity index (χ2v) is 15.2. The number of anilines is 1. The number of imide groups is 1. The van der Waals surface area contributed by atoms with Crippen molar-refractivity contribution in [2.75, 3.05) is 38.1 Å². The lowest BCUT2D eigenvalue weighted by atomic mass is 9.84. The van der Waals surface area contributed by atoms with Gasteiger partial charge < -0.3 is 20.0 Å². The van der Waals surface area contributed by atoms with E-state index in [-0.39, 0.29) is 48.3 Å². The first-order valence-corrected chi connectivity index (χ1v) is 18.9. The van der Waals surface area contributed by atoms with Crippen LogP contribution in [0.5, 0.6) is 0 Å². The van der Waals surface area contributed by atoms with Gasteiger partial charge in [-0.25, -0.2) is 23.1 Å². The summed E-state index contributed by atoms with van der Waals surface area (Å²) < 4.78 is 32.9. The van der Waals surface area contributed by atoms with Crippen molar-refractivity contribution in [2.45, 2.75) is 75.9 Å². The fourth-order valence-corrected chi connectivity index (χ4v) is 9.08. The van der Waals surface area contributed by atoms with Crippen LogP contribution in [0, 0.1) is 5.92 Å². The van der Waals surface area contributed by atoms with Crippen LogP contribution in [-0.4, -0.2) is 109 Å². The lowest BCUT2D eigenvalue weighted by molar-refractivity contribution is -0.135. The number of fused-ring (bicyclic) bond motifs is 2. The minimum absolute atomic E-state index is 0.0705. The number of benzene rings is 1. The maximum Gasteiger partial charge on any atom is 0.329 e. The fourth-order valence-electron chi connectivity index (χ4n) is 9.08. The normalized spacial score (nSPS) is 22.9. The topological polar surface area (TPSA) is 159 Å². The summed E-state index contributed by atoms with van der Waals surface area (Å²) in [5.74, 6) is -1.74. The zero-order chi connectivity index (χ0) is 38.5. The van der Waals surface area contributed by atoms with Crippen LogP contribution in [0.15, 0.2) is 58.9 Å². The summed E-state index contributed by atoms with van der Waals surface area (Å²) in [6.45, 7) is 2.40. The van der Waals surface area contributed by atoms with Crippen LogP contribution in [0.25, 0.3) is 16.7 Å². The number of carbonyl (C=O) groups excluding carboxylic acids is 4. The molecule has 2 saturated heterocycles. The van der Waals surface area contributed by atoms with E-state index < -0.39 is 35.8 Å². The van der Waals surface area contributed by atoms with Crippen molar-refractivity contribution in [2.24, 2.45) is 13.0 Å². The van der Waals surface area contributed by atoms with Crippen molar-refractivity contribution in [1.29, 1.82) is 0 Å². The molecule has 8 rings (SSSR count). The van der Waals surface area contributed by atoms with E-state index in [0.717, 1.165) is 56.5 Å². The quantitative estimate of drug-likeness (QED) is 0.245. The van der Waals surface area contributed by atoms with Crippen LogP contribution < -0.4 is 21.2 Å². The Labute approximate surface area is 314 Å². The molecule has 2 N–H and O–H groups in total. The van der Waals surface area contributed by atoms with Crippen LogP contribution in [0.2, 0.25) is 0 Å². The molecule has 15 nitrogen and oxygen atoms in total. The molecule has 4 aliphatic rings. The van der Waals surface area contributed by atoms with Gasteiger partial charge in [-0.3, -0.25) is 33.6 Å².